The molecule has 0 unspecified atom stereocenters. The van der Waals surface area contributed by atoms with Gasteiger partial charge in [0.15, 0.2) is 0 Å². The minimum Gasteiger partial charge on any atom is -0.316 e. The van der Waals surface area contributed by atoms with Gasteiger partial charge in [-0.2, -0.15) is 13.2 Å². The summed E-state index contributed by atoms with van der Waals surface area (Å²) in [6.45, 7) is 1.80. The highest BCUT2D eigenvalue weighted by Gasteiger charge is 2.48. The van der Waals surface area contributed by atoms with E-state index in [-0.39, 0.29) is 5.41 Å². The van der Waals surface area contributed by atoms with E-state index in [2.05, 4.69) is 5.32 Å². The van der Waals surface area contributed by atoms with Crippen LogP contribution < -0.4 is 5.32 Å². The smallest absolute Gasteiger partial charge is 0.316 e. The lowest BCUT2D eigenvalue weighted by atomic mass is 9.57. The van der Waals surface area contributed by atoms with Crippen molar-refractivity contribution in [1.82, 2.24) is 5.32 Å². The Hall–Kier alpha value is -0.250. The van der Waals surface area contributed by atoms with E-state index >= 15 is 0 Å². The Kier molecular flexibility index (Phi) is 2.06. The third-order valence-electron chi connectivity index (χ3n) is 3.32. The predicted octanol–water partition coefficient (Wildman–Crippen LogP) is 2.33. The number of hydrogen-bond donors (Lipinski definition) is 1. The Balaban J connectivity index is 1.82. The van der Waals surface area contributed by atoms with Gasteiger partial charge in [-0.15, -0.1) is 0 Å². The molecule has 3 fully saturated rings. The molecule has 4 heteroatoms. The first-order valence-corrected chi connectivity index (χ1v) is 4.77. The Labute approximate surface area is 75.7 Å². The van der Waals surface area contributed by atoms with E-state index < -0.39 is 12.6 Å². The maximum Gasteiger partial charge on any atom is 0.389 e. The van der Waals surface area contributed by atoms with Gasteiger partial charge in [0.25, 0.3) is 0 Å². The number of rotatable bonds is 2. The molecule has 0 aromatic rings. The average Bonchev–Trinajstić information content (AvgIpc) is 1.99. The number of halogens is 3. The summed E-state index contributed by atoms with van der Waals surface area (Å²) in [4.78, 5) is 0. The molecule has 13 heavy (non-hydrogen) atoms. The van der Waals surface area contributed by atoms with Gasteiger partial charge in [0.05, 0.1) is 0 Å². The quantitative estimate of drug-likeness (QED) is 0.709. The van der Waals surface area contributed by atoms with Crippen LogP contribution in [0.5, 0.6) is 0 Å². The third-order valence-corrected chi connectivity index (χ3v) is 3.32. The molecule has 2 saturated heterocycles. The molecule has 1 N–H and O–H groups in total. The van der Waals surface area contributed by atoms with E-state index in [0.29, 0.717) is 12.3 Å². The summed E-state index contributed by atoms with van der Waals surface area (Å²) < 4.78 is 35.9. The summed E-state index contributed by atoms with van der Waals surface area (Å²) in [7, 11) is 0. The second-order valence-corrected chi connectivity index (χ2v) is 4.52. The maximum absolute atomic E-state index is 12.0. The van der Waals surface area contributed by atoms with Crippen LogP contribution in [0.2, 0.25) is 0 Å². The number of hydrogen-bond acceptors (Lipinski definition) is 1. The van der Waals surface area contributed by atoms with Crippen molar-refractivity contribution in [2.24, 2.45) is 11.3 Å². The second-order valence-electron chi connectivity index (χ2n) is 4.52. The molecular weight excluding hydrogens is 179 g/mol. The van der Waals surface area contributed by atoms with Crippen molar-refractivity contribution in [3.63, 3.8) is 0 Å². The molecule has 0 aromatic carbocycles. The molecule has 1 aliphatic carbocycles. The zero-order chi connectivity index (χ0) is 9.53. The van der Waals surface area contributed by atoms with E-state index in [1.807, 2.05) is 0 Å². The molecule has 1 saturated carbocycles. The first-order chi connectivity index (χ1) is 5.99. The van der Waals surface area contributed by atoms with Gasteiger partial charge in [0.2, 0.25) is 0 Å². The van der Waals surface area contributed by atoms with Crippen LogP contribution in [0.4, 0.5) is 13.2 Å². The van der Waals surface area contributed by atoms with Gasteiger partial charge in [-0.05, 0) is 37.1 Å². The lowest BCUT2D eigenvalue weighted by Crippen LogP contribution is -2.54. The van der Waals surface area contributed by atoms with Crippen molar-refractivity contribution in [2.45, 2.75) is 31.9 Å². The van der Waals surface area contributed by atoms with E-state index in [0.717, 1.165) is 25.9 Å². The lowest BCUT2D eigenvalue weighted by molar-refractivity contribution is -0.148. The van der Waals surface area contributed by atoms with Crippen LogP contribution in [0.3, 0.4) is 0 Å². The zero-order valence-corrected chi connectivity index (χ0v) is 7.45. The van der Waals surface area contributed by atoms with Crippen molar-refractivity contribution < 1.29 is 13.2 Å². The minimum absolute atomic E-state index is 0.00155. The van der Waals surface area contributed by atoms with Gasteiger partial charge in [-0.3, -0.25) is 0 Å². The van der Waals surface area contributed by atoms with Crippen molar-refractivity contribution >= 4 is 0 Å². The molecule has 0 spiro atoms. The minimum atomic E-state index is -3.97. The molecule has 0 atom stereocenters. The van der Waals surface area contributed by atoms with Crippen LogP contribution in [0, 0.1) is 11.3 Å². The fraction of sp³-hybridized carbons (Fsp3) is 1.00. The summed E-state index contributed by atoms with van der Waals surface area (Å²) in [5.41, 5.74) is -0.00155. The second kappa shape index (κ2) is 2.87. The zero-order valence-electron chi connectivity index (χ0n) is 7.45. The molecule has 76 valence electrons. The van der Waals surface area contributed by atoms with E-state index in [9.17, 15) is 13.2 Å². The molecule has 3 rings (SSSR count). The largest absolute Gasteiger partial charge is 0.389 e. The topological polar surface area (TPSA) is 12.0 Å². The highest BCUT2D eigenvalue weighted by atomic mass is 19.4. The summed E-state index contributed by atoms with van der Waals surface area (Å²) in [6, 6.07) is 0. The molecule has 2 heterocycles. The summed E-state index contributed by atoms with van der Waals surface area (Å²) in [6.07, 6.45) is -2.25. The van der Waals surface area contributed by atoms with Crippen LogP contribution in [0.25, 0.3) is 0 Å². The van der Waals surface area contributed by atoms with Crippen molar-refractivity contribution in [2.75, 3.05) is 13.1 Å². The average molecular weight is 193 g/mol. The Bertz CT molecular complexity index is 188. The first kappa shape index (κ1) is 9.31. The van der Waals surface area contributed by atoms with E-state index in [1.165, 1.54) is 0 Å². The lowest BCUT2D eigenvalue weighted by Gasteiger charge is -2.53. The maximum atomic E-state index is 12.0. The summed E-state index contributed by atoms with van der Waals surface area (Å²) in [5, 5.41) is 3.19. The van der Waals surface area contributed by atoms with Crippen LogP contribution >= 0.6 is 0 Å². The standard InChI is InChI=1S/C9H14F3N/c10-9(11,12)2-1-8-3-7(4-8)5-13-6-8/h7,13H,1-6H2. The van der Waals surface area contributed by atoms with Gasteiger partial charge < -0.3 is 5.32 Å². The fourth-order valence-electron chi connectivity index (χ4n) is 2.69. The van der Waals surface area contributed by atoms with Crippen LogP contribution in [-0.4, -0.2) is 19.3 Å². The van der Waals surface area contributed by atoms with Gasteiger partial charge in [0, 0.05) is 13.0 Å². The molecule has 0 radical (unpaired) electrons. The number of alkyl halides is 3. The van der Waals surface area contributed by atoms with Crippen LogP contribution in [0.15, 0.2) is 0 Å². The Morgan fingerprint density at radius 1 is 1.31 bits per heavy atom. The molecule has 2 bridgehead atoms. The van der Waals surface area contributed by atoms with Crippen molar-refractivity contribution in [1.29, 1.82) is 0 Å². The Morgan fingerprint density at radius 3 is 2.46 bits per heavy atom. The van der Waals surface area contributed by atoms with Crippen LogP contribution in [0.1, 0.15) is 25.7 Å². The number of nitrogens with one attached hydrogen (secondary N) is 1. The van der Waals surface area contributed by atoms with E-state index in [4.69, 9.17) is 0 Å². The molecule has 1 nitrogen and oxygen atoms in total. The Morgan fingerprint density at radius 2 is 2.00 bits per heavy atom. The number of fused-ring (bicyclic) bond motifs is 2. The van der Waals surface area contributed by atoms with Gasteiger partial charge in [-0.1, -0.05) is 0 Å². The molecule has 0 amide bonds. The molecule has 3 aliphatic rings. The van der Waals surface area contributed by atoms with Gasteiger partial charge in [-0.25, -0.2) is 0 Å². The van der Waals surface area contributed by atoms with Gasteiger partial charge >= 0.3 is 6.18 Å². The molecular formula is C9H14F3N. The highest BCUT2D eigenvalue weighted by molar-refractivity contribution is 5.00. The summed E-state index contributed by atoms with van der Waals surface area (Å²) >= 11 is 0. The normalized spacial score (nSPS) is 38.5. The van der Waals surface area contributed by atoms with Crippen molar-refractivity contribution in [3.8, 4) is 0 Å². The van der Waals surface area contributed by atoms with Crippen molar-refractivity contribution in [3.05, 3.63) is 0 Å². The molecule has 2 aliphatic heterocycles. The molecule has 0 aromatic heterocycles. The number of piperidine rings is 2. The van der Waals surface area contributed by atoms with Crippen LogP contribution in [-0.2, 0) is 0 Å². The van der Waals surface area contributed by atoms with E-state index in [1.54, 1.807) is 0 Å². The third kappa shape index (κ3) is 1.98. The SMILES string of the molecule is FC(F)(F)CCC12CNCC(C1)C2. The summed E-state index contributed by atoms with van der Waals surface area (Å²) in [5.74, 6) is 0.655. The highest BCUT2D eigenvalue weighted by Crippen LogP contribution is 2.51. The monoisotopic (exact) mass is 193 g/mol. The predicted molar refractivity (Wildman–Crippen MR) is 43.3 cm³/mol. The first-order valence-electron chi connectivity index (χ1n) is 4.77. The fourth-order valence-corrected chi connectivity index (χ4v) is 2.69. The van der Waals surface area contributed by atoms with Gasteiger partial charge in [0.1, 0.15) is 0 Å².